The molecule has 0 saturated heterocycles. The molecule has 1 aliphatic rings. The van der Waals surface area contributed by atoms with E-state index in [-0.39, 0.29) is 28.2 Å². The Kier molecular flexibility index (Phi) is 5.74. The summed E-state index contributed by atoms with van der Waals surface area (Å²) in [5.74, 6) is -0.308. The quantitative estimate of drug-likeness (QED) is 0.279. The van der Waals surface area contributed by atoms with Gasteiger partial charge >= 0.3 is 5.97 Å². The minimum Gasteiger partial charge on any atom is -0.489 e. The highest BCUT2D eigenvalue weighted by atomic mass is 79.9. The lowest BCUT2D eigenvalue weighted by atomic mass is 10.2. The lowest BCUT2D eigenvalue weighted by Crippen LogP contribution is -2.37. The van der Waals surface area contributed by atoms with E-state index >= 15 is 0 Å². The summed E-state index contributed by atoms with van der Waals surface area (Å²) in [6.45, 7) is 5.97. The molecule has 0 bridgehead atoms. The Hall–Kier alpha value is -1.32. The minimum atomic E-state index is -0.608. The molecule has 0 unspecified atom stereocenters. The highest BCUT2D eigenvalue weighted by molar-refractivity contribution is 9.10. The number of nitrogens with zero attached hydrogens (tertiary/aromatic N) is 3. The normalized spacial score (nSPS) is 14.1. The molecule has 0 N–H and O–H groups in total. The molecule has 0 amide bonds. The van der Waals surface area contributed by atoms with Gasteiger partial charge < -0.3 is 14.4 Å². The van der Waals surface area contributed by atoms with Crippen molar-refractivity contribution in [1.82, 2.24) is 9.97 Å². The lowest BCUT2D eigenvalue weighted by molar-refractivity contribution is -0.153. The third kappa shape index (κ3) is 4.09. The van der Waals surface area contributed by atoms with Gasteiger partial charge in [-0.2, -0.15) is 0 Å². The minimum absolute atomic E-state index is 0.0463. The van der Waals surface area contributed by atoms with E-state index < -0.39 is 17.4 Å². The van der Waals surface area contributed by atoms with Crippen LogP contribution in [0.5, 0.6) is 5.75 Å². The van der Waals surface area contributed by atoms with E-state index in [2.05, 4.69) is 25.9 Å². The number of esters is 1. The summed E-state index contributed by atoms with van der Waals surface area (Å²) < 4.78 is 26.1. The molecule has 2 heterocycles. The summed E-state index contributed by atoms with van der Waals surface area (Å²) in [7, 11) is 0. The number of hydrogen-bond donors (Lipinski definition) is 0. The van der Waals surface area contributed by atoms with Gasteiger partial charge in [-0.3, -0.25) is 4.79 Å². The summed E-state index contributed by atoms with van der Waals surface area (Å²) in [4.78, 5) is 22.8. The Balaban J connectivity index is 2.17. The van der Waals surface area contributed by atoms with Crippen LogP contribution in [-0.4, -0.2) is 47.5 Å². The Morgan fingerprint density at radius 2 is 2.15 bits per heavy atom. The first-order valence-electron chi connectivity index (χ1n) is 8.14. The van der Waals surface area contributed by atoms with Crippen LogP contribution in [0.15, 0.2) is 9.63 Å². The van der Waals surface area contributed by atoms with Gasteiger partial charge in [-0.25, -0.2) is 14.4 Å². The molecule has 146 valence electrons. The van der Waals surface area contributed by atoms with Crippen LogP contribution in [0.3, 0.4) is 0 Å². The van der Waals surface area contributed by atoms with Crippen molar-refractivity contribution < 1.29 is 18.7 Å². The highest BCUT2D eigenvalue weighted by Crippen LogP contribution is 2.45. The number of ether oxygens (including phenoxy) is 2. The zero-order valence-corrected chi connectivity index (χ0v) is 18.4. The smallest absolute Gasteiger partial charge is 0.326 e. The number of halogens is 3. The van der Waals surface area contributed by atoms with Gasteiger partial charge in [-0.05, 0) is 43.0 Å². The molecule has 0 spiro atoms. The monoisotopic (exact) mass is 477 g/mol. The average Bonchev–Trinajstić information content (AvgIpc) is 2.76. The molecule has 1 aliphatic heterocycles. The summed E-state index contributed by atoms with van der Waals surface area (Å²) in [5.41, 5.74) is -0.519. The number of aromatic nitrogens is 2. The fourth-order valence-corrected chi connectivity index (χ4v) is 3.67. The van der Waals surface area contributed by atoms with E-state index in [1.807, 2.05) is 0 Å². The largest absolute Gasteiger partial charge is 0.489 e. The van der Waals surface area contributed by atoms with Crippen LogP contribution in [0.4, 0.5) is 10.2 Å². The Bertz CT molecular complexity index is 923. The van der Waals surface area contributed by atoms with E-state index in [1.165, 1.54) is 11.8 Å². The molecule has 27 heavy (non-hydrogen) atoms. The number of carbonyl (C=O) groups excluding carboxylic acids is 1. The second-order valence-electron chi connectivity index (χ2n) is 6.89. The predicted molar refractivity (Wildman–Crippen MR) is 108 cm³/mol. The van der Waals surface area contributed by atoms with Crippen LogP contribution in [0.1, 0.15) is 20.8 Å². The highest BCUT2D eigenvalue weighted by Gasteiger charge is 2.30. The van der Waals surface area contributed by atoms with Crippen LogP contribution in [0.2, 0.25) is 5.02 Å². The van der Waals surface area contributed by atoms with Crippen molar-refractivity contribution in [1.29, 1.82) is 0 Å². The van der Waals surface area contributed by atoms with Crippen molar-refractivity contribution in [2.45, 2.75) is 31.5 Å². The molecule has 6 nitrogen and oxygen atoms in total. The SMILES string of the molecule is CSc1nc2c3c(c(Cl)c(Br)c(F)c3n1)OCCN2CC(=O)OC(C)(C)C. The van der Waals surface area contributed by atoms with Crippen molar-refractivity contribution in [3.05, 3.63) is 15.3 Å². The summed E-state index contributed by atoms with van der Waals surface area (Å²) in [6.07, 6.45) is 1.79. The first-order chi connectivity index (χ1) is 12.6. The van der Waals surface area contributed by atoms with Crippen LogP contribution in [-0.2, 0) is 9.53 Å². The van der Waals surface area contributed by atoms with Crippen molar-refractivity contribution >= 4 is 62.0 Å². The second kappa shape index (κ2) is 7.60. The van der Waals surface area contributed by atoms with Crippen molar-refractivity contribution in [3.8, 4) is 5.75 Å². The topological polar surface area (TPSA) is 64.6 Å². The van der Waals surface area contributed by atoms with Gasteiger partial charge in [0.2, 0.25) is 0 Å². The summed E-state index contributed by atoms with van der Waals surface area (Å²) in [6, 6.07) is 0. The summed E-state index contributed by atoms with van der Waals surface area (Å²) in [5, 5.41) is 0.841. The number of hydrogen-bond acceptors (Lipinski definition) is 7. The van der Waals surface area contributed by atoms with Crippen LogP contribution >= 0.6 is 39.3 Å². The van der Waals surface area contributed by atoms with Crippen LogP contribution in [0, 0.1) is 5.82 Å². The zero-order chi connectivity index (χ0) is 19.9. The maximum Gasteiger partial charge on any atom is 0.326 e. The van der Waals surface area contributed by atoms with E-state index in [4.69, 9.17) is 21.1 Å². The van der Waals surface area contributed by atoms with Gasteiger partial charge in [0.15, 0.2) is 16.7 Å². The molecule has 10 heteroatoms. The molecular formula is C17H18BrClFN3O3S. The fraction of sp³-hybridized carbons (Fsp3) is 0.471. The van der Waals surface area contributed by atoms with Crippen molar-refractivity contribution in [2.75, 3.05) is 30.9 Å². The molecule has 3 rings (SSSR count). The molecule has 0 radical (unpaired) electrons. The van der Waals surface area contributed by atoms with Crippen LogP contribution in [0.25, 0.3) is 10.9 Å². The standard InChI is InChI=1S/C17H18BrClFN3O3S/c1-17(2,3)26-8(24)7-23-5-6-25-14-9-13(12(20)10(18)11(14)19)21-16(27-4)22-15(9)23/h5-7H2,1-4H3. The third-order valence-electron chi connectivity index (χ3n) is 3.72. The van der Waals surface area contributed by atoms with Gasteiger partial charge in [0, 0.05) is 0 Å². The average molecular weight is 479 g/mol. The van der Waals surface area contributed by atoms with Gasteiger partial charge in [0.05, 0.1) is 16.4 Å². The molecule has 1 aromatic heterocycles. The third-order valence-corrected chi connectivity index (χ3v) is 5.60. The first-order valence-corrected chi connectivity index (χ1v) is 10.5. The number of rotatable bonds is 3. The Labute approximate surface area is 173 Å². The van der Waals surface area contributed by atoms with Gasteiger partial charge in [0.1, 0.15) is 35.1 Å². The molecule has 0 fully saturated rings. The first kappa shape index (κ1) is 20.4. The lowest BCUT2D eigenvalue weighted by Gasteiger charge is -2.25. The Morgan fingerprint density at radius 3 is 2.78 bits per heavy atom. The second-order valence-corrected chi connectivity index (χ2v) is 8.83. The fourth-order valence-electron chi connectivity index (χ4n) is 2.71. The number of anilines is 1. The van der Waals surface area contributed by atoms with Crippen molar-refractivity contribution in [2.24, 2.45) is 0 Å². The number of thioether (sulfide) groups is 1. The maximum atomic E-state index is 14.8. The molecule has 0 aliphatic carbocycles. The van der Waals surface area contributed by atoms with Gasteiger partial charge in [0.25, 0.3) is 0 Å². The summed E-state index contributed by atoms with van der Waals surface area (Å²) >= 11 is 10.7. The van der Waals surface area contributed by atoms with Gasteiger partial charge in [-0.1, -0.05) is 23.4 Å². The molecule has 0 saturated carbocycles. The Morgan fingerprint density at radius 1 is 1.44 bits per heavy atom. The van der Waals surface area contributed by atoms with E-state index in [9.17, 15) is 9.18 Å². The number of benzene rings is 1. The molecular weight excluding hydrogens is 461 g/mol. The van der Waals surface area contributed by atoms with Crippen LogP contribution < -0.4 is 9.64 Å². The van der Waals surface area contributed by atoms with E-state index in [0.29, 0.717) is 28.7 Å². The predicted octanol–water partition coefficient (Wildman–Crippen LogP) is 4.45. The zero-order valence-electron chi connectivity index (χ0n) is 15.2. The van der Waals surface area contributed by atoms with Crippen molar-refractivity contribution in [3.63, 3.8) is 0 Å². The van der Waals surface area contributed by atoms with E-state index in [1.54, 1.807) is 31.9 Å². The molecule has 2 aromatic rings. The molecule has 1 aromatic carbocycles. The van der Waals surface area contributed by atoms with Gasteiger partial charge in [-0.15, -0.1) is 0 Å². The molecule has 0 atom stereocenters. The number of carbonyl (C=O) groups is 1. The maximum absolute atomic E-state index is 14.8. The van der Waals surface area contributed by atoms with E-state index in [0.717, 1.165) is 0 Å².